The molecule has 0 fully saturated rings. The van der Waals surface area contributed by atoms with Gasteiger partial charge in [0.25, 0.3) is 0 Å². The summed E-state index contributed by atoms with van der Waals surface area (Å²) in [5, 5.41) is 3.49. The number of halogens is 1. The number of aromatic nitrogens is 1. The van der Waals surface area contributed by atoms with Gasteiger partial charge in [-0.3, -0.25) is 0 Å². The van der Waals surface area contributed by atoms with Gasteiger partial charge in [-0.2, -0.15) is 0 Å². The second-order valence-corrected chi connectivity index (χ2v) is 2.60. The van der Waals surface area contributed by atoms with Gasteiger partial charge in [-0.05, 0) is 6.92 Å². The van der Waals surface area contributed by atoms with Crippen LogP contribution in [-0.2, 0) is 0 Å². The van der Waals surface area contributed by atoms with Gasteiger partial charge < -0.3 is 4.52 Å². The van der Waals surface area contributed by atoms with Crippen LogP contribution in [0.4, 0.5) is 4.39 Å². The number of aryl methyl sites for hydroxylation is 1. The van der Waals surface area contributed by atoms with Crippen LogP contribution in [0.25, 0.3) is 0 Å². The Morgan fingerprint density at radius 3 is 2.30 bits per heavy atom. The summed E-state index contributed by atoms with van der Waals surface area (Å²) in [5.41, 5.74) is 0.337. The summed E-state index contributed by atoms with van der Waals surface area (Å²) < 4.78 is 17.6. The average molecular weight is 143 g/mol. The van der Waals surface area contributed by atoms with Crippen molar-refractivity contribution in [3.63, 3.8) is 0 Å². The van der Waals surface area contributed by atoms with Crippen molar-refractivity contribution in [1.29, 1.82) is 0 Å². The van der Waals surface area contributed by atoms with E-state index in [0.29, 0.717) is 11.5 Å². The molecule has 0 bridgehead atoms. The van der Waals surface area contributed by atoms with Crippen molar-refractivity contribution in [1.82, 2.24) is 5.16 Å². The van der Waals surface area contributed by atoms with Crippen LogP contribution < -0.4 is 0 Å². The van der Waals surface area contributed by atoms with Crippen LogP contribution >= 0.6 is 0 Å². The first kappa shape index (κ1) is 7.25. The fourth-order valence-corrected chi connectivity index (χ4v) is 0.735. The quantitative estimate of drug-likeness (QED) is 0.602. The summed E-state index contributed by atoms with van der Waals surface area (Å²) in [6.45, 7) is 5.32. The number of hydrogen-bond acceptors (Lipinski definition) is 2. The third-order valence-electron chi connectivity index (χ3n) is 1.34. The highest BCUT2D eigenvalue weighted by Crippen LogP contribution is 2.19. The number of rotatable bonds is 1. The van der Waals surface area contributed by atoms with Crippen LogP contribution in [-0.4, -0.2) is 5.16 Å². The second-order valence-electron chi connectivity index (χ2n) is 2.60. The molecular weight excluding hydrogens is 133 g/mol. The average Bonchev–Trinajstić information content (AvgIpc) is 2.14. The van der Waals surface area contributed by atoms with E-state index in [1.807, 2.05) is 13.8 Å². The summed E-state index contributed by atoms with van der Waals surface area (Å²) in [5.74, 6) is 0.105. The molecule has 2 nitrogen and oxygen atoms in total. The van der Waals surface area contributed by atoms with Crippen molar-refractivity contribution in [3.8, 4) is 0 Å². The molecule has 1 aromatic rings. The Morgan fingerprint density at radius 2 is 2.10 bits per heavy atom. The minimum atomic E-state index is -0.310. The maximum atomic E-state index is 12.9. The Hall–Kier alpha value is -0.860. The molecule has 0 saturated carbocycles. The molecule has 0 aromatic carbocycles. The van der Waals surface area contributed by atoms with Gasteiger partial charge in [0.2, 0.25) is 0 Å². The van der Waals surface area contributed by atoms with Crippen molar-refractivity contribution >= 4 is 0 Å². The third-order valence-corrected chi connectivity index (χ3v) is 1.34. The van der Waals surface area contributed by atoms with Gasteiger partial charge in [0.1, 0.15) is 5.69 Å². The van der Waals surface area contributed by atoms with E-state index in [9.17, 15) is 4.39 Å². The highest BCUT2D eigenvalue weighted by molar-refractivity contribution is 5.10. The second kappa shape index (κ2) is 2.40. The zero-order valence-corrected chi connectivity index (χ0v) is 6.31. The molecule has 56 valence electrons. The molecule has 0 unspecified atom stereocenters. The lowest BCUT2D eigenvalue weighted by molar-refractivity contribution is 0.359. The predicted molar refractivity (Wildman–Crippen MR) is 35.3 cm³/mol. The molecule has 0 aliphatic carbocycles. The summed E-state index contributed by atoms with van der Waals surface area (Å²) in [7, 11) is 0. The van der Waals surface area contributed by atoms with Crippen LogP contribution in [0.2, 0.25) is 0 Å². The first-order chi connectivity index (χ1) is 4.63. The van der Waals surface area contributed by atoms with Gasteiger partial charge in [-0.15, -0.1) is 0 Å². The molecule has 0 N–H and O–H groups in total. The van der Waals surface area contributed by atoms with Crippen LogP contribution in [0.15, 0.2) is 4.52 Å². The lowest BCUT2D eigenvalue weighted by atomic mass is 10.1. The van der Waals surface area contributed by atoms with Crippen LogP contribution in [0.1, 0.15) is 31.2 Å². The van der Waals surface area contributed by atoms with E-state index >= 15 is 0 Å². The van der Waals surface area contributed by atoms with Crippen molar-refractivity contribution in [2.75, 3.05) is 0 Å². The molecule has 0 atom stereocenters. The first-order valence-electron chi connectivity index (χ1n) is 3.24. The largest absolute Gasteiger partial charge is 0.358 e. The van der Waals surface area contributed by atoms with Crippen LogP contribution in [0.3, 0.4) is 0 Å². The van der Waals surface area contributed by atoms with Crippen molar-refractivity contribution < 1.29 is 8.91 Å². The molecular formula is C7H10FNO. The van der Waals surface area contributed by atoms with E-state index in [-0.39, 0.29) is 11.7 Å². The molecule has 1 rings (SSSR count). The highest BCUT2D eigenvalue weighted by atomic mass is 19.1. The summed E-state index contributed by atoms with van der Waals surface area (Å²) in [6.07, 6.45) is 0. The standard InChI is InChI=1S/C7H10FNO/c1-4(2)7-6(8)5(3)9-10-7/h4H,1-3H3. The Labute approximate surface area is 59.0 Å². The van der Waals surface area contributed by atoms with Gasteiger partial charge in [-0.1, -0.05) is 19.0 Å². The molecule has 10 heavy (non-hydrogen) atoms. The minimum absolute atomic E-state index is 0.0706. The van der Waals surface area contributed by atoms with Crippen molar-refractivity contribution in [2.24, 2.45) is 0 Å². The van der Waals surface area contributed by atoms with Crippen molar-refractivity contribution in [3.05, 3.63) is 17.3 Å². The molecule has 1 heterocycles. The zero-order valence-electron chi connectivity index (χ0n) is 6.31. The van der Waals surface area contributed by atoms with Gasteiger partial charge in [0.05, 0.1) is 0 Å². The van der Waals surface area contributed by atoms with Crippen molar-refractivity contribution in [2.45, 2.75) is 26.7 Å². The SMILES string of the molecule is Cc1noc(C(C)C)c1F. The molecule has 0 aliphatic rings. The number of hydrogen-bond donors (Lipinski definition) is 0. The van der Waals surface area contributed by atoms with Gasteiger partial charge >= 0.3 is 0 Å². The fraction of sp³-hybridized carbons (Fsp3) is 0.571. The molecule has 0 radical (unpaired) electrons. The summed E-state index contributed by atoms with van der Waals surface area (Å²) >= 11 is 0. The number of nitrogens with zero attached hydrogens (tertiary/aromatic N) is 1. The monoisotopic (exact) mass is 143 g/mol. The lowest BCUT2D eigenvalue weighted by Gasteiger charge is -1.95. The third kappa shape index (κ3) is 1.03. The maximum Gasteiger partial charge on any atom is 0.188 e. The van der Waals surface area contributed by atoms with E-state index in [1.165, 1.54) is 0 Å². The molecule has 0 amide bonds. The van der Waals surface area contributed by atoms with E-state index in [4.69, 9.17) is 4.52 Å². The Bertz CT molecular complexity index is 230. The van der Waals surface area contributed by atoms with Crippen LogP contribution in [0, 0.1) is 12.7 Å². The normalized spacial score (nSPS) is 10.9. The molecule has 1 aromatic heterocycles. The summed E-state index contributed by atoms with van der Waals surface area (Å²) in [6, 6.07) is 0. The minimum Gasteiger partial charge on any atom is -0.358 e. The zero-order chi connectivity index (χ0) is 7.72. The summed E-state index contributed by atoms with van der Waals surface area (Å²) in [4.78, 5) is 0. The first-order valence-corrected chi connectivity index (χ1v) is 3.24. The maximum absolute atomic E-state index is 12.9. The molecule has 0 saturated heterocycles. The van der Waals surface area contributed by atoms with Gasteiger partial charge in [-0.25, -0.2) is 4.39 Å². The van der Waals surface area contributed by atoms with E-state index in [2.05, 4.69) is 5.16 Å². The van der Waals surface area contributed by atoms with E-state index in [1.54, 1.807) is 6.92 Å². The molecule has 0 spiro atoms. The van der Waals surface area contributed by atoms with E-state index < -0.39 is 0 Å². The fourth-order valence-electron chi connectivity index (χ4n) is 0.735. The Kier molecular flexibility index (Phi) is 1.74. The van der Waals surface area contributed by atoms with Gasteiger partial charge in [0, 0.05) is 5.92 Å². The highest BCUT2D eigenvalue weighted by Gasteiger charge is 2.14. The van der Waals surface area contributed by atoms with Crippen LogP contribution in [0.5, 0.6) is 0 Å². The molecule has 0 aliphatic heterocycles. The predicted octanol–water partition coefficient (Wildman–Crippen LogP) is 2.25. The Balaban J connectivity index is 3.05. The van der Waals surface area contributed by atoms with E-state index in [0.717, 1.165) is 0 Å². The Morgan fingerprint density at radius 1 is 1.50 bits per heavy atom. The van der Waals surface area contributed by atoms with Gasteiger partial charge in [0.15, 0.2) is 11.6 Å². The topological polar surface area (TPSA) is 26.0 Å². The molecule has 3 heteroatoms. The lowest BCUT2D eigenvalue weighted by Crippen LogP contribution is -1.87. The smallest absolute Gasteiger partial charge is 0.188 e.